The molecule has 2 saturated carbocycles. The molecule has 0 bridgehead atoms. The second-order valence-electron chi connectivity index (χ2n) is 9.26. The normalized spacial score (nSPS) is 35.7. The summed E-state index contributed by atoms with van der Waals surface area (Å²) < 4.78 is 17.0. The standard InChI is InChI=1S/C24H33NO6/c1-29-14-24-11-9-18-17-6-4-16(30-2)13-15(17)3-5-19(18)20(24)7-8-21(24)31-23(28)25-12-10-22(26)27/h3-4,6,13,17-21H,5,7-12,14H2,1-2H3,(H,25,28)(H,26,27)/t17-,18+,19+,20-,21-,24+/m0/s1. The molecule has 7 heteroatoms. The van der Waals surface area contributed by atoms with E-state index in [1.165, 1.54) is 5.57 Å². The van der Waals surface area contributed by atoms with Crippen LogP contribution in [-0.2, 0) is 19.0 Å². The van der Waals surface area contributed by atoms with Gasteiger partial charge < -0.3 is 24.6 Å². The van der Waals surface area contributed by atoms with Gasteiger partial charge in [0.2, 0.25) is 0 Å². The Labute approximate surface area is 183 Å². The lowest BCUT2D eigenvalue weighted by Gasteiger charge is -2.52. The fourth-order valence-electron chi connectivity index (χ4n) is 6.63. The van der Waals surface area contributed by atoms with E-state index in [1.54, 1.807) is 14.2 Å². The summed E-state index contributed by atoms with van der Waals surface area (Å²) in [5, 5.41) is 11.3. The predicted octanol–water partition coefficient (Wildman–Crippen LogP) is 3.67. The molecule has 4 rings (SSSR count). The highest BCUT2D eigenvalue weighted by atomic mass is 16.6. The number of carboxylic acids is 1. The molecule has 0 radical (unpaired) electrons. The van der Waals surface area contributed by atoms with Gasteiger partial charge in [0.25, 0.3) is 0 Å². The maximum atomic E-state index is 12.3. The Morgan fingerprint density at radius 3 is 2.81 bits per heavy atom. The van der Waals surface area contributed by atoms with Gasteiger partial charge in [0.05, 0.1) is 20.1 Å². The first-order valence-electron chi connectivity index (χ1n) is 11.3. The molecule has 0 aliphatic heterocycles. The number of hydrogen-bond donors (Lipinski definition) is 2. The van der Waals surface area contributed by atoms with Crippen molar-refractivity contribution in [2.75, 3.05) is 27.4 Å². The van der Waals surface area contributed by atoms with Crippen molar-refractivity contribution in [2.45, 2.75) is 44.6 Å². The van der Waals surface area contributed by atoms with Crippen molar-refractivity contribution >= 4 is 12.1 Å². The topological polar surface area (TPSA) is 94.1 Å². The van der Waals surface area contributed by atoms with E-state index in [0.717, 1.165) is 37.9 Å². The summed E-state index contributed by atoms with van der Waals surface area (Å²) in [5.74, 6) is 1.98. The minimum Gasteiger partial charge on any atom is -0.497 e. The molecule has 4 aliphatic rings. The Morgan fingerprint density at radius 2 is 2.06 bits per heavy atom. The summed E-state index contributed by atoms with van der Waals surface area (Å²) in [4.78, 5) is 23.0. The van der Waals surface area contributed by atoms with E-state index in [0.29, 0.717) is 30.3 Å². The predicted molar refractivity (Wildman–Crippen MR) is 114 cm³/mol. The monoisotopic (exact) mass is 431 g/mol. The summed E-state index contributed by atoms with van der Waals surface area (Å²) in [7, 11) is 3.43. The highest BCUT2D eigenvalue weighted by Crippen LogP contribution is 2.61. The average Bonchev–Trinajstić information content (AvgIpc) is 3.11. The molecular weight excluding hydrogens is 398 g/mol. The number of carbonyl (C=O) groups excluding carboxylic acids is 1. The Morgan fingerprint density at radius 1 is 1.23 bits per heavy atom. The molecule has 4 aliphatic carbocycles. The first-order chi connectivity index (χ1) is 15.0. The second kappa shape index (κ2) is 9.07. The Kier molecular flexibility index (Phi) is 6.42. The van der Waals surface area contributed by atoms with E-state index in [-0.39, 0.29) is 24.5 Å². The van der Waals surface area contributed by atoms with E-state index >= 15 is 0 Å². The van der Waals surface area contributed by atoms with Crippen molar-refractivity contribution in [3.63, 3.8) is 0 Å². The number of carboxylic acid groups (broad SMARTS) is 1. The van der Waals surface area contributed by atoms with E-state index < -0.39 is 12.1 Å². The minimum atomic E-state index is -0.940. The highest BCUT2D eigenvalue weighted by molar-refractivity contribution is 5.70. The van der Waals surface area contributed by atoms with Gasteiger partial charge in [-0.05, 0) is 67.6 Å². The SMILES string of the molecule is COC[C@]12CC[C@H]3[C@@H](CC=C4C=C(OC)C=C[C@@H]43)[C@@H]1CC[C@@H]2OC(=O)NCCC(=O)O. The Balaban J connectivity index is 1.49. The van der Waals surface area contributed by atoms with E-state index in [9.17, 15) is 9.59 Å². The number of methoxy groups -OCH3 is 2. The zero-order valence-electron chi connectivity index (χ0n) is 18.3. The zero-order valence-corrected chi connectivity index (χ0v) is 18.3. The van der Waals surface area contributed by atoms with Gasteiger partial charge in [-0.25, -0.2) is 4.79 Å². The van der Waals surface area contributed by atoms with Crippen molar-refractivity contribution < 1.29 is 28.9 Å². The molecular formula is C24H33NO6. The van der Waals surface area contributed by atoms with Crippen LogP contribution >= 0.6 is 0 Å². The largest absolute Gasteiger partial charge is 0.497 e. The maximum Gasteiger partial charge on any atom is 0.407 e. The number of carbonyl (C=O) groups is 2. The number of ether oxygens (including phenoxy) is 3. The van der Waals surface area contributed by atoms with Gasteiger partial charge in [-0.1, -0.05) is 12.2 Å². The van der Waals surface area contributed by atoms with Crippen LogP contribution in [0.25, 0.3) is 0 Å². The van der Waals surface area contributed by atoms with Crippen LogP contribution < -0.4 is 5.32 Å². The third kappa shape index (κ3) is 4.12. The number of amides is 1. The lowest BCUT2D eigenvalue weighted by molar-refractivity contribution is -0.136. The van der Waals surface area contributed by atoms with Crippen LogP contribution in [0.2, 0.25) is 0 Å². The van der Waals surface area contributed by atoms with Crippen molar-refractivity contribution in [1.82, 2.24) is 5.32 Å². The fraction of sp³-hybridized carbons (Fsp3) is 0.667. The lowest BCUT2D eigenvalue weighted by Crippen LogP contribution is -2.51. The number of aliphatic carboxylic acids is 1. The molecule has 31 heavy (non-hydrogen) atoms. The molecule has 1 amide bonds. The molecule has 0 aromatic carbocycles. The summed E-state index contributed by atoms with van der Waals surface area (Å²) in [5.41, 5.74) is 1.19. The second-order valence-corrected chi connectivity index (χ2v) is 9.26. The molecule has 0 spiro atoms. The van der Waals surface area contributed by atoms with Gasteiger partial charge in [-0.2, -0.15) is 0 Å². The van der Waals surface area contributed by atoms with Gasteiger partial charge in [0.15, 0.2) is 0 Å². The van der Waals surface area contributed by atoms with E-state index in [1.807, 2.05) is 0 Å². The van der Waals surface area contributed by atoms with Crippen LogP contribution in [0.1, 0.15) is 38.5 Å². The number of alkyl carbamates (subject to hydrolysis) is 1. The van der Waals surface area contributed by atoms with Crippen LogP contribution in [0.15, 0.2) is 35.6 Å². The number of allylic oxidation sites excluding steroid dienone is 5. The molecule has 6 atom stereocenters. The van der Waals surface area contributed by atoms with Gasteiger partial charge in [-0.15, -0.1) is 0 Å². The Hall–Kier alpha value is -2.28. The van der Waals surface area contributed by atoms with Crippen molar-refractivity contribution in [3.05, 3.63) is 35.6 Å². The molecule has 0 heterocycles. The van der Waals surface area contributed by atoms with Crippen LogP contribution in [0.3, 0.4) is 0 Å². The summed E-state index contributed by atoms with van der Waals surface area (Å²) in [6, 6.07) is 0. The van der Waals surface area contributed by atoms with Gasteiger partial charge in [0.1, 0.15) is 11.9 Å². The third-order valence-electron chi connectivity index (χ3n) is 7.88. The van der Waals surface area contributed by atoms with E-state index in [2.05, 4.69) is 29.6 Å². The number of rotatable bonds is 7. The van der Waals surface area contributed by atoms with Crippen molar-refractivity contribution in [2.24, 2.45) is 29.1 Å². The molecule has 0 aromatic rings. The lowest BCUT2D eigenvalue weighted by atomic mass is 9.53. The first kappa shape index (κ1) is 21.9. The summed E-state index contributed by atoms with van der Waals surface area (Å²) in [6.07, 6.45) is 13.0. The first-order valence-corrected chi connectivity index (χ1v) is 11.3. The molecule has 7 nitrogen and oxygen atoms in total. The van der Waals surface area contributed by atoms with Crippen LogP contribution in [-0.4, -0.2) is 50.6 Å². The average molecular weight is 432 g/mol. The summed E-state index contributed by atoms with van der Waals surface area (Å²) >= 11 is 0. The highest BCUT2D eigenvalue weighted by Gasteiger charge is 2.59. The molecule has 0 aromatic heterocycles. The van der Waals surface area contributed by atoms with Crippen molar-refractivity contribution in [1.29, 1.82) is 0 Å². The minimum absolute atomic E-state index is 0.0743. The molecule has 2 fully saturated rings. The number of nitrogens with one attached hydrogen (secondary N) is 1. The maximum absolute atomic E-state index is 12.3. The fourth-order valence-corrected chi connectivity index (χ4v) is 6.63. The molecule has 0 saturated heterocycles. The molecule has 170 valence electrons. The molecule has 2 N–H and O–H groups in total. The summed E-state index contributed by atoms with van der Waals surface area (Å²) in [6.45, 7) is 0.656. The zero-order chi connectivity index (χ0) is 22.0. The van der Waals surface area contributed by atoms with Crippen LogP contribution in [0, 0.1) is 29.1 Å². The van der Waals surface area contributed by atoms with Gasteiger partial charge in [-0.3, -0.25) is 4.79 Å². The Bertz CT molecular complexity index is 802. The molecule has 0 unspecified atom stereocenters. The van der Waals surface area contributed by atoms with Crippen LogP contribution in [0.5, 0.6) is 0 Å². The van der Waals surface area contributed by atoms with Gasteiger partial charge >= 0.3 is 12.1 Å². The van der Waals surface area contributed by atoms with Crippen molar-refractivity contribution in [3.8, 4) is 0 Å². The number of hydrogen-bond acceptors (Lipinski definition) is 5. The number of fused-ring (bicyclic) bond motifs is 5. The third-order valence-corrected chi connectivity index (χ3v) is 7.88. The smallest absolute Gasteiger partial charge is 0.407 e. The quantitative estimate of drug-likeness (QED) is 0.639. The van der Waals surface area contributed by atoms with Crippen LogP contribution in [0.4, 0.5) is 4.79 Å². The van der Waals surface area contributed by atoms with Gasteiger partial charge in [0, 0.05) is 25.0 Å². The van der Waals surface area contributed by atoms with E-state index in [4.69, 9.17) is 19.3 Å².